The molecule has 0 fully saturated rings. The summed E-state index contributed by atoms with van der Waals surface area (Å²) in [4.78, 5) is 12.7. The molecule has 5 nitrogen and oxygen atoms in total. The molecule has 0 unspecified atom stereocenters. The van der Waals surface area contributed by atoms with Crippen molar-refractivity contribution in [3.05, 3.63) is 102 Å². The number of fused-ring (bicyclic) bond motifs is 1. The fraction of sp³-hybridized carbons (Fsp3) is 0.120. The maximum absolute atomic E-state index is 14.2. The van der Waals surface area contributed by atoms with Crippen molar-refractivity contribution in [3.8, 4) is 17.1 Å². The Hall–Kier alpha value is -3.51. The van der Waals surface area contributed by atoms with Gasteiger partial charge in [0.2, 0.25) is 0 Å². The summed E-state index contributed by atoms with van der Waals surface area (Å²) in [5, 5.41) is 5.45. The second-order valence-corrected chi connectivity index (χ2v) is 7.84. The molecule has 5 aromatic rings. The number of aromatic nitrogens is 5. The van der Waals surface area contributed by atoms with Gasteiger partial charge in [0.1, 0.15) is 11.9 Å². The predicted octanol–water partition coefficient (Wildman–Crippen LogP) is 5.08. The van der Waals surface area contributed by atoms with E-state index < -0.39 is 17.3 Å². The molecule has 8 heteroatoms. The molecule has 0 saturated heterocycles. The van der Waals surface area contributed by atoms with Gasteiger partial charge in [0.15, 0.2) is 0 Å². The SMILES string of the molecule is CC(C)(c1cccc(-c2[c-]cc(F)nc2F)n1)c1cccc(-n2[c-]c3ccccc3n2)n1.[Ni+2]. The van der Waals surface area contributed by atoms with Crippen LogP contribution in [0.4, 0.5) is 8.78 Å². The van der Waals surface area contributed by atoms with Gasteiger partial charge < -0.3 is 9.67 Å². The zero-order chi connectivity index (χ0) is 22.3. The molecule has 4 heterocycles. The van der Waals surface area contributed by atoms with E-state index in [0.717, 1.165) is 22.7 Å². The minimum atomic E-state index is -0.950. The fourth-order valence-electron chi connectivity index (χ4n) is 3.51. The molecular formula is C25H17F2N5Ni. The molecule has 0 atom stereocenters. The van der Waals surface area contributed by atoms with E-state index in [9.17, 15) is 8.78 Å². The third kappa shape index (κ3) is 4.26. The van der Waals surface area contributed by atoms with Crippen molar-refractivity contribution >= 4 is 10.9 Å². The first-order valence-electron chi connectivity index (χ1n) is 9.98. The van der Waals surface area contributed by atoms with Gasteiger partial charge in [0.25, 0.3) is 0 Å². The van der Waals surface area contributed by atoms with Gasteiger partial charge in [-0.15, -0.1) is 23.6 Å². The molecule has 0 N–H and O–H groups in total. The number of hydrogen-bond donors (Lipinski definition) is 0. The summed E-state index contributed by atoms with van der Waals surface area (Å²) in [6, 6.07) is 22.2. The molecule has 166 valence electrons. The van der Waals surface area contributed by atoms with Gasteiger partial charge in [-0.2, -0.15) is 0 Å². The average Bonchev–Trinajstić information content (AvgIpc) is 3.24. The van der Waals surface area contributed by atoms with Crippen LogP contribution in [-0.4, -0.2) is 24.7 Å². The molecule has 0 bridgehead atoms. The maximum atomic E-state index is 14.2. The summed E-state index contributed by atoms with van der Waals surface area (Å²) in [5.74, 6) is -1.24. The summed E-state index contributed by atoms with van der Waals surface area (Å²) in [7, 11) is 0. The minimum Gasteiger partial charge on any atom is -0.311 e. The Balaban J connectivity index is 0.00000259. The van der Waals surface area contributed by atoms with Crippen LogP contribution in [-0.2, 0) is 21.9 Å². The van der Waals surface area contributed by atoms with Crippen LogP contribution in [0.15, 0.2) is 66.7 Å². The van der Waals surface area contributed by atoms with Crippen LogP contribution >= 0.6 is 0 Å². The zero-order valence-electron chi connectivity index (χ0n) is 17.7. The zero-order valence-corrected chi connectivity index (χ0v) is 18.6. The van der Waals surface area contributed by atoms with Gasteiger partial charge in [-0.05, 0) is 37.9 Å². The molecule has 0 saturated carbocycles. The van der Waals surface area contributed by atoms with E-state index in [4.69, 9.17) is 4.98 Å². The van der Waals surface area contributed by atoms with Crippen LogP contribution in [0.1, 0.15) is 25.2 Å². The number of benzene rings is 1. The van der Waals surface area contributed by atoms with Crippen molar-refractivity contribution in [2.45, 2.75) is 19.3 Å². The van der Waals surface area contributed by atoms with Gasteiger partial charge >= 0.3 is 16.5 Å². The Kier molecular flexibility index (Phi) is 6.04. The van der Waals surface area contributed by atoms with Crippen LogP contribution < -0.4 is 0 Å². The van der Waals surface area contributed by atoms with Gasteiger partial charge in [0.05, 0.1) is 5.82 Å². The van der Waals surface area contributed by atoms with Crippen molar-refractivity contribution in [2.75, 3.05) is 0 Å². The van der Waals surface area contributed by atoms with E-state index in [1.165, 1.54) is 0 Å². The van der Waals surface area contributed by atoms with Gasteiger partial charge in [-0.25, -0.2) is 13.9 Å². The number of nitrogens with zero attached hydrogens (tertiary/aromatic N) is 5. The van der Waals surface area contributed by atoms with Crippen LogP contribution in [0.25, 0.3) is 28.0 Å². The molecule has 0 aliphatic rings. The normalized spacial score (nSPS) is 11.4. The quantitative estimate of drug-likeness (QED) is 0.203. The van der Waals surface area contributed by atoms with E-state index in [1.54, 1.807) is 16.8 Å². The first-order valence-corrected chi connectivity index (χ1v) is 9.98. The van der Waals surface area contributed by atoms with Crippen molar-refractivity contribution in [3.63, 3.8) is 0 Å². The maximum Gasteiger partial charge on any atom is 2.00 e. The summed E-state index contributed by atoms with van der Waals surface area (Å²) in [6.07, 6.45) is 3.22. The van der Waals surface area contributed by atoms with Crippen molar-refractivity contribution in [1.82, 2.24) is 24.7 Å². The molecule has 33 heavy (non-hydrogen) atoms. The molecule has 1 aromatic carbocycles. The Morgan fingerprint density at radius 3 is 2.33 bits per heavy atom. The van der Waals surface area contributed by atoms with Crippen LogP contribution in [0.3, 0.4) is 0 Å². The van der Waals surface area contributed by atoms with Crippen LogP contribution in [0.5, 0.6) is 0 Å². The Labute approximate surface area is 199 Å². The van der Waals surface area contributed by atoms with E-state index in [2.05, 4.69) is 27.3 Å². The Bertz CT molecular complexity index is 1410. The molecular weight excluding hydrogens is 467 g/mol. The first-order chi connectivity index (χ1) is 15.4. The standard InChI is InChI=1S/C25H17F2N5.Ni/c1-25(2,20-10-5-9-19(28-20)17-13-14-22(26)30-24(17)27)21-11-6-12-23(29-21)32-15-16-7-3-4-8-18(16)31-32;/h3-12,14H,1-2H3;/q-2;+2. The summed E-state index contributed by atoms with van der Waals surface area (Å²) < 4.78 is 29.0. The molecule has 5 rings (SSSR count). The predicted molar refractivity (Wildman–Crippen MR) is 116 cm³/mol. The van der Waals surface area contributed by atoms with E-state index in [1.807, 2.05) is 62.4 Å². The van der Waals surface area contributed by atoms with E-state index >= 15 is 0 Å². The van der Waals surface area contributed by atoms with E-state index in [-0.39, 0.29) is 22.1 Å². The van der Waals surface area contributed by atoms with Gasteiger partial charge in [0, 0.05) is 22.3 Å². The summed E-state index contributed by atoms with van der Waals surface area (Å²) >= 11 is 0. The second-order valence-electron chi connectivity index (χ2n) is 7.84. The minimum absolute atomic E-state index is 0. The van der Waals surface area contributed by atoms with Gasteiger partial charge in [-0.3, -0.25) is 9.97 Å². The van der Waals surface area contributed by atoms with Crippen LogP contribution in [0.2, 0.25) is 0 Å². The topological polar surface area (TPSA) is 56.5 Å². The summed E-state index contributed by atoms with van der Waals surface area (Å²) in [5.41, 5.74) is 2.00. The van der Waals surface area contributed by atoms with Crippen molar-refractivity contribution < 1.29 is 25.3 Å². The average molecular weight is 484 g/mol. The second kappa shape index (κ2) is 8.79. The number of halogens is 2. The van der Waals surface area contributed by atoms with Crippen LogP contribution in [0, 0.1) is 24.2 Å². The first kappa shape index (κ1) is 22.7. The Morgan fingerprint density at radius 2 is 1.58 bits per heavy atom. The summed E-state index contributed by atoms with van der Waals surface area (Å²) in [6.45, 7) is 3.97. The smallest absolute Gasteiger partial charge is 0.311 e. The third-order valence-corrected chi connectivity index (χ3v) is 5.32. The van der Waals surface area contributed by atoms with E-state index in [0.29, 0.717) is 17.2 Å². The fourth-order valence-corrected chi connectivity index (χ4v) is 3.51. The molecule has 4 aromatic heterocycles. The monoisotopic (exact) mass is 483 g/mol. The number of pyridine rings is 3. The van der Waals surface area contributed by atoms with Crippen molar-refractivity contribution in [2.24, 2.45) is 0 Å². The molecule has 0 aliphatic carbocycles. The van der Waals surface area contributed by atoms with Gasteiger partial charge in [-0.1, -0.05) is 48.0 Å². The number of hydrogen-bond acceptors (Lipinski definition) is 4. The molecule has 0 radical (unpaired) electrons. The third-order valence-electron chi connectivity index (χ3n) is 5.32. The number of rotatable bonds is 4. The molecule has 0 spiro atoms. The largest absolute Gasteiger partial charge is 2.00 e. The molecule has 0 aliphatic heterocycles. The molecule has 0 amide bonds. The Morgan fingerprint density at radius 1 is 0.848 bits per heavy atom. The van der Waals surface area contributed by atoms with Crippen molar-refractivity contribution in [1.29, 1.82) is 0 Å².